The summed E-state index contributed by atoms with van der Waals surface area (Å²) >= 11 is 0. The highest BCUT2D eigenvalue weighted by Crippen LogP contribution is 2.27. The summed E-state index contributed by atoms with van der Waals surface area (Å²) in [5.74, 6) is -0.928. The number of nitrogens with two attached hydrogens (primary N) is 1. The lowest BCUT2D eigenvalue weighted by Crippen LogP contribution is -2.36. The number of aliphatic carboxylic acids is 1. The Balaban J connectivity index is 0.000000422. The summed E-state index contributed by atoms with van der Waals surface area (Å²) in [5, 5.41) is 35.8. The van der Waals surface area contributed by atoms with Crippen LogP contribution in [0.1, 0.15) is 6.23 Å². The van der Waals surface area contributed by atoms with Crippen LogP contribution in [0.2, 0.25) is 0 Å². The largest absolute Gasteiger partial charge is 0.478 e. The Kier molecular flexibility index (Phi) is 6.19. The standard InChI is InChI=1S/C9H13N3O5.C3H4O2/c10-5-1-2-12(9(16)11-5)8-7(15)6(14)4(3-13)17-8;1-2-3(4)5/h1-2,4,6-8,13-15H,3H2,(H2,10,11,16);2H,1H2,(H,4,5)/t4-,6-,7+,8-;/m1./s1. The fourth-order valence-corrected chi connectivity index (χ4v) is 1.73. The van der Waals surface area contributed by atoms with Crippen molar-refractivity contribution < 1.29 is 30.0 Å². The third-order valence-corrected chi connectivity index (χ3v) is 2.82. The smallest absolute Gasteiger partial charge is 0.351 e. The summed E-state index contributed by atoms with van der Waals surface area (Å²) in [7, 11) is 0. The maximum absolute atomic E-state index is 11.5. The molecule has 0 amide bonds. The fraction of sp³-hybridized carbons (Fsp3) is 0.417. The number of anilines is 1. The van der Waals surface area contributed by atoms with Gasteiger partial charge in [-0.3, -0.25) is 4.57 Å². The molecular formula is C12H17N3O7. The Morgan fingerprint density at radius 1 is 1.50 bits per heavy atom. The van der Waals surface area contributed by atoms with Gasteiger partial charge < -0.3 is 30.9 Å². The second kappa shape index (κ2) is 7.66. The number of aliphatic hydroxyl groups is 3. The zero-order valence-corrected chi connectivity index (χ0v) is 11.4. The number of hydrogen-bond donors (Lipinski definition) is 5. The van der Waals surface area contributed by atoms with Crippen molar-refractivity contribution in [1.29, 1.82) is 0 Å². The van der Waals surface area contributed by atoms with Crippen LogP contribution in [0.25, 0.3) is 0 Å². The van der Waals surface area contributed by atoms with Crippen LogP contribution in [0.3, 0.4) is 0 Å². The van der Waals surface area contributed by atoms with E-state index < -0.39 is 42.8 Å². The number of nitrogens with zero attached hydrogens (tertiary/aromatic N) is 2. The van der Waals surface area contributed by atoms with E-state index in [4.69, 9.17) is 20.7 Å². The zero-order valence-electron chi connectivity index (χ0n) is 11.4. The molecule has 1 aromatic heterocycles. The summed E-state index contributed by atoms with van der Waals surface area (Å²) in [5.41, 5.74) is 4.63. The summed E-state index contributed by atoms with van der Waals surface area (Å²) < 4.78 is 6.19. The van der Waals surface area contributed by atoms with Crippen LogP contribution in [0.15, 0.2) is 29.7 Å². The molecule has 122 valence electrons. The number of carboxylic acids is 1. The summed E-state index contributed by atoms with van der Waals surface area (Å²) in [6.07, 6.45) is -2.43. The van der Waals surface area contributed by atoms with E-state index in [0.717, 1.165) is 10.6 Å². The molecule has 1 aliphatic heterocycles. The van der Waals surface area contributed by atoms with Gasteiger partial charge in [0.1, 0.15) is 24.1 Å². The molecule has 1 fully saturated rings. The van der Waals surface area contributed by atoms with E-state index >= 15 is 0 Å². The third-order valence-electron chi connectivity index (χ3n) is 2.82. The van der Waals surface area contributed by atoms with Crippen LogP contribution in [0, 0.1) is 0 Å². The second-order valence-corrected chi connectivity index (χ2v) is 4.31. The summed E-state index contributed by atoms with van der Waals surface area (Å²) in [6, 6.07) is 1.37. The summed E-state index contributed by atoms with van der Waals surface area (Å²) in [6.45, 7) is 2.51. The van der Waals surface area contributed by atoms with Gasteiger partial charge in [-0.1, -0.05) is 6.58 Å². The van der Waals surface area contributed by atoms with Crippen molar-refractivity contribution in [3.05, 3.63) is 35.4 Å². The van der Waals surface area contributed by atoms with Crippen LogP contribution < -0.4 is 11.4 Å². The van der Waals surface area contributed by atoms with E-state index in [1.165, 1.54) is 12.3 Å². The normalized spacial score (nSPS) is 26.9. The Hall–Kier alpha value is -2.27. The SMILES string of the molecule is C=CC(=O)O.Nc1ccn([C@@H]2O[C@H](CO)[C@@H](O)[C@@H]2O)c(=O)n1. The number of carbonyl (C=O) groups is 1. The summed E-state index contributed by atoms with van der Waals surface area (Å²) in [4.78, 5) is 24.2. The quantitative estimate of drug-likeness (QED) is 0.385. The molecule has 22 heavy (non-hydrogen) atoms. The molecule has 6 N–H and O–H groups in total. The highest BCUT2D eigenvalue weighted by molar-refractivity contribution is 5.78. The molecule has 2 heterocycles. The zero-order chi connectivity index (χ0) is 16.9. The van der Waals surface area contributed by atoms with Gasteiger partial charge in [-0.15, -0.1) is 0 Å². The highest BCUT2D eigenvalue weighted by atomic mass is 16.6. The molecule has 2 rings (SSSR count). The first-order valence-electron chi connectivity index (χ1n) is 6.14. The third kappa shape index (κ3) is 4.11. The molecule has 1 aromatic rings. The molecule has 10 heteroatoms. The maximum atomic E-state index is 11.5. The van der Waals surface area contributed by atoms with Crippen LogP contribution >= 0.6 is 0 Å². The monoisotopic (exact) mass is 315 g/mol. The van der Waals surface area contributed by atoms with Gasteiger partial charge in [0.2, 0.25) is 0 Å². The molecule has 4 atom stereocenters. The Labute approximate surface area is 124 Å². The Morgan fingerprint density at radius 2 is 2.09 bits per heavy atom. The van der Waals surface area contributed by atoms with Crippen molar-refractivity contribution in [2.24, 2.45) is 0 Å². The minimum atomic E-state index is -1.31. The highest BCUT2D eigenvalue weighted by Gasteiger charge is 2.43. The second-order valence-electron chi connectivity index (χ2n) is 4.31. The first kappa shape index (κ1) is 17.8. The fourth-order valence-electron chi connectivity index (χ4n) is 1.73. The molecule has 1 saturated heterocycles. The Bertz CT molecular complexity index is 588. The number of rotatable bonds is 3. The van der Waals surface area contributed by atoms with Gasteiger partial charge >= 0.3 is 11.7 Å². The van der Waals surface area contributed by atoms with Gasteiger partial charge in [0.05, 0.1) is 6.61 Å². The minimum Gasteiger partial charge on any atom is -0.478 e. The maximum Gasteiger partial charge on any atom is 0.351 e. The predicted molar refractivity (Wildman–Crippen MR) is 73.8 cm³/mol. The number of ether oxygens (including phenoxy) is 1. The lowest BCUT2D eigenvalue weighted by Gasteiger charge is -2.16. The molecule has 0 saturated carbocycles. The van der Waals surface area contributed by atoms with Crippen LogP contribution in [-0.2, 0) is 9.53 Å². The Morgan fingerprint density at radius 3 is 2.50 bits per heavy atom. The van der Waals surface area contributed by atoms with E-state index in [-0.39, 0.29) is 5.82 Å². The van der Waals surface area contributed by atoms with E-state index in [1.807, 2.05) is 0 Å². The molecule has 0 aliphatic carbocycles. The average Bonchev–Trinajstić information content (AvgIpc) is 2.76. The molecule has 0 unspecified atom stereocenters. The van der Waals surface area contributed by atoms with E-state index in [2.05, 4.69) is 11.6 Å². The molecule has 0 spiro atoms. The van der Waals surface area contributed by atoms with Gasteiger partial charge in [0.25, 0.3) is 0 Å². The van der Waals surface area contributed by atoms with Crippen LogP contribution in [0.5, 0.6) is 0 Å². The minimum absolute atomic E-state index is 0.0537. The molecule has 1 aliphatic rings. The molecule has 0 bridgehead atoms. The van der Waals surface area contributed by atoms with Gasteiger partial charge in [0, 0.05) is 12.3 Å². The van der Waals surface area contributed by atoms with E-state index in [0.29, 0.717) is 0 Å². The number of nitrogen functional groups attached to an aromatic ring is 1. The number of aliphatic hydroxyl groups excluding tert-OH is 3. The lowest BCUT2D eigenvalue weighted by atomic mass is 10.1. The van der Waals surface area contributed by atoms with Crippen molar-refractivity contribution >= 4 is 11.8 Å². The van der Waals surface area contributed by atoms with Crippen LogP contribution in [0.4, 0.5) is 5.82 Å². The number of carboxylic acid groups (broad SMARTS) is 1. The average molecular weight is 315 g/mol. The first-order chi connectivity index (χ1) is 10.3. The van der Waals surface area contributed by atoms with Crippen molar-refractivity contribution in [2.45, 2.75) is 24.5 Å². The topological polar surface area (TPSA) is 168 Å². The van der Waals surface area contributed by atoms with E-state index in [1.54, 1.807) is 0 Å². The number of aromatic nitrogens is 2. The van der Waals surface area contributed by atoms with E-state index in [9.17, 15) is 19.8 Å². The van der Waals surface area contributed by atoms with Gasteiger partial charge in [-0.25, -0.2) is 9.59 Å². The number of hydrogen-bond acceptors (Lipinski definition) is 8. The first-order valence-corrected chi connectivity index (χ1v) is 6.14. The van der Waals surface area contributed by atoms with Gasteiger partial charge in [-0.05, 0) is 6.07 Å². The van der Waals surface area contributed by atoms with Gasteiger partial charge in [-0.2, -0.15) is 4.98 Å². The molecule has 10 nitrogen and oxygen atoms in total. The van der Waals surface area contributed by atoms with Gasteiger partial charge in [0.15, 0.2) is 6.23 Å². The molecule has 0 radical (unpaired) electrons. The van der Waals surface area contributed by atoms with Crippen molar-refractivity contribution in [3.63, 3.8) is 0 Å². The molecule has 0 aromatic carbocycles. The predicted octanol–water partition coefficient (Wildman–Crippen LogP) is -2.31. The van der Waals surface area contributed by atoms with Crippen molar-refractivity contribution in [1.82, 2.24) is 9.55 Å². The van der Waals surface area contributed by atoms with Crippen molar-refractivity contribution in [3.8, 4) is 0 Å². The lowest BCUT2D eigenvalue weighted by molar-refractivity contribution is -0.131. The van der Waals surface area contributed by atoms with Crippen LogP contribution in [-0.4, -0.2) is 60.9 Å². The van der Waals surface area contributed by atoms with Crippen molar-refractivity contribution in [2.75, 3.05) is 12.3 Å². The molecular weight excluding hydrogens is 298 g/mol.